The Hall–Kier alpha value is -2.76. The van der Waals surface area contributed by atoms with Gasteiger partial charge < -0.3 is 20.9 Å². The molecule has 0 aliphatic heterocycles. The second kappa shape index (κ2) is 7.31. The highest BCUT2D eigenvalue weighted by atomic mass is 16.5. The van der Waals surface area contributed by atoms with E-state index in [1.807, 2.05) is 13.8 Å². The number of nitrogens with two attached hydrogens (primary N) is 2. The van der Waals surface area contributed by atoms with Crippen LogP contribution in [0.4, 0.5) is 22.7 Å². The van der Waals surface area contributed by atoms with Gasteiger partial charge in [0.05, 0.1) is 36.0 Å². The maximum atomic E-state index is 5.82. The predicted molar refractivity (Wildman–Crippen MR) is 88.2 cm³/mol. The van der Waals surface area contributed by atoms with E-state index in [-0.39, 0.29) is 0 Å². The quantitative estimate of drug-likeness (QED) is 0.621. The molecular weight excluding hydrogens is 280 g/mol. The molecule has 0 spiro atoms. The normalized spacial score (nSPS) is 10.8. The summed E-state index contributed by atoms with van der Waals surface area (Å²) in [5.74, 6) is 1.21. The summed E-state index contributed by atoms with van der Waals surface area (Å²) >= 11 is 0. The molecule has 2 aromatic rings. The van der Waals surface area contributed by atoms with Crippen molar-refractivity contribution in [2.24, 2.45) is 10.2 Å². The van der Waals surface area contributed by atoms with Crippen molar-refractivity contribution in [2.75, 3.05) is 24.7 Å². The number of azo groups is 1. The summed E-state index contributed by atoms with van der Waals surface area (Å²) in [4.78, 5) is 0. The molecule has 4 N–H and O–H groups in total. The zero-order valence-corrected chi connectivity index (χ0v) is 12.7. The number of benzene rings is 2. The molecule has 0 amide bonds. The van der Waals surface area contributed by atoms with Crippen LogP contribution in [0.5, 0.6) is 11.5 Å². The number of hydrogen-bond donors (Lipinski definition) is 2. The van der Waals surface area contributed by atoms with Gasteiger partial charge in [0.2, 0.25) is 0 Å². The van der Waals surface area contributed by atoms with E-state index in [2.05, 4.69) is 10.2 Å². The molecule has 0 unspecified atom stereocenters. The Morgan fingerprint density at radius 2 is 1.18 bits per heavy atom. The lowest BCUT2D eigenvalue weighted by atomic mass is 10.2. The molecule has 0 fully saturated rings. The van der Waals surface area contributed by atoms with Gasteiger partial charge in [0.25, 0.3) is 0 Å². The Labute approximate surface area is 129 Å². The van der Waals surface area contributed by atoms with Crippen LogP contribution in [0.25, 0.3) is 0 Å². The predicted octanol–water partition coefficient (Wildman–Crippen LogP) is 4.06. The maximum Gasteiger partial charge on any atom is 0.144 e. The first-order valence-electron chi connectivity index (χ1n) is 7.10. The lowest BCUT2D eigenvalue weighted by Crippen LogP contribution is -1.96. The Morgan fingerprint density at radius 1 is 0.773 bits per heavy atom. The molecule has 2 rings (SSSR count). The Morgan fingerprint density at radius 3 is 1.55 bits per heavy atom. The molecule has 2 aromatic carbocycles. The average Bonchev–Trinajstić information content (AvgIpc) is 2.51. The molecule has 0 aliphatic rings. The molecule has 0 radical (unpaired) electrons. The Bertz CT molecular complexity index is 614. The minimum atomic E-state index is 0.542. The van der Waals surface area contributed by atoms with E-state index in [1.54, 1.807) is 36.4 Å². The van der Waals surface area contributed by atoms with Gasteiger partial charge in [-0.2, -0.15) is 10.2 Å². The summed E-state index contributed by atoms with van der Waals surface area (Å²) in [7, 11) is 0. The molecule has 0 aliphatic carbocycles. The number of anilines is 2. The van der Waals surface area contributed by atoms with Crippen molar-refractivity contribution >= 4 is 22.7 Å². The first-order chi connectivity index (χ1) is 10.6. The van der Waals surface area contributed by atoms with E-state index in [4.69, 9.17) is 20.9 Å². The van der Waals surface area contributed by atoms with Crippen molar-refractivity contribution in [3.8, 4) is 11.5 Å². The molecule has 6 heteroatoms. The van der Waals surface area contributed by atoms with E-state index >= 15 is 0 Å². The number of hydrogen-bond acceptors (Lipinski definition) is 6. The van der Waals surface area contributed by atoms with Crippen molar-refractivity contribution in [3.63, 3.8) is 0 Å². The molecule has 0 saturated carbocycles. The molecule has 6 nitrogen and oxygen atoms in total. The van der Waals surface area contributed by atoms with Crippen molar-refractivity contribution in [3.05, 3.63) is 36.4 Å². The Kier molecular flexibility index (Phi) is 5.19. The van der Waals surface area contributed by atoms with Gasteiger partial charge in [-0.3, -0.25) is 0 Å². The summed E-state index contributed by atoms with van der Waals surface area (Å²) in [5, 5.41) is 8.37. The Balaban J connectivity index is 2.21. The lowest BCUT2D eigenvalue weighted by Gasteiger charge is -2.07. The summed E-state index contributed by atoms with van der Waals surface area (Å²) in [6.45, 7) is 4.88. The van der Waals surface area contributed by atoms with Crippen LogP contribution in [0.15, 0.2) is 46.6 Å². The van der Waals surface area contributed by atoms with Crippen molar-refractivity contribution in [2.45, 2.75) is 13.8 Å². The highest BCUT2D eigenvalue weighted by molar-refractivity contribution is 5.61. The number of rotatable bonds is 6. The molecular formula is C16H20N4O2. The van der Waals surface area contributed by atoms with Gasteiger partial charge in [0.15, 0.2) is 0 Å². The summed E-state index contributed by atoms with van der Waals surface area (Å²) < 4.78 is 10.9. The van der Waals surface area contributed by atoms with Gasteiger partial charge in [-0.1, -0.05) is 0 Å². The zero-order valence-electron chi connectivity index (χ0n) is 12.7. The minimum Gasteiger partial charge on any atom is -0.492 e. The topological polar surface area (TPSA) is 95.2 Å². The van der Waals surface area contributed by atoms with Gasteiger partial charge >= 0.3 is 0 Å². The molecule has 116 valence electrons. The monoisotopic (exact) mass is 300 g/mol. The van der Waals surface area contributed by atoms with Crippen LogP contribution in [0.3, 0.4) is 0 Å². The van der Waals surface area contributed by atoms with Gasteiger partial charge in [0.1, 0.15) is 11.5 Å². The number of nitrogens with zero attached hydrogens (tertiary/aromatic N) is 2. The van der Waals surface area contributed by atoms with E-state index in [1.165, 1.54) is 0 Å². The van der Waals surface area contributed by atoms with Gasteiger partial charge in [-0.15, -0.1) is 0 Å². The van der Waals surface area contributed by atoms with Gasteiger partial charge in [-0.05, 0) is 38.1 Å². The van der Waals surface area contributed by atoms with Crippen LogP contribution in [-0.2, 0) is 0 Å². The third-order valence-corrected chi connectivity index (χ3v) is 2.87. The standard InChI is InChI=1S/C16H20N4O2/c1-3-21-15-9-11(5-7-13(15)17)19-20-12-6-8-14(18)16(10-12)22-4-2/h5-10H,3-4,17-18H2,1-2H3. The SMILES string of the molecule is CCOc1cc(N=Nc2ccc(N)c(OCC)c2)ccc1N. The van der Waals surface area contributed by atoms with Crippen molar-refractivity contribution < 1.29 is 9.47 Å². The lowest BCUT2D eigenvalue weighted by molar-refractivity contribution is 0.342. The second-order valence-corrected chi connectivity index (χ2v) is 4.51. The van der Waals surface area contributed by atoms with Crippen LogP contribution in [0.1, 0.15) is 13.8 Å². The molecule has 0 heterocycles. The van der Waals surface area contributed by atoms with Crippen LogP contribution in [0, 0.1) is 0 Å². The third kappa shape index (κ3) is 3.88. The van der Waals surface area contributed by atoms with E-state index in [0.29, 0.717) is 47.5 Å². The van der Waals surface area contributed by atoms with Gasteiger partial charge in [0, 0.05) is 12.1 Å². The van der Waals surface area contributed by atoms with Crippen LogP contribution < -0.4 is 20.9 Å². The number of nitrogen functional groups attached to an aromatic ring is 2. The summed E-state index contributed by atoms with van der Waals surface area (Å²) in [6.07, 6.45) is 0. The summed E-state index contributed by atoms with van der Waals surface area (Å²) in [6, 6.07) is 10.6. The summed E-state index contributed by atoms with van der Waals surface area (Å²) in [5.41, 5.74) is 14.1. The van der Waals surface area contributed by atoms with Crippen LogP contribution >= 0.6 is 0 Å². The molecule has 22 heavy (non-hydrogen) atoms. The maximum absolute atomic E-state index is 5.82. The van der Waals surface area contributed by atoms with Gasteiger partial charge in [-0.25, -0.2) is 0 Å². The van der Waals surface area contributed by atoms with E-state index in [9.17, 15) is 0 Å². The molecule has 0 bridgehead atoms. The highest BCUT2D eigenvalue weighted by Gasteiger charge is 2.03. The van der Waals surface area contributed by atoms with Crippen LogP contribution in [0.2, 0.25) is 0 Å². The highest BCUT2D eigenvalue weighted by Crippen LogP contribution is 2.30. The van der Waals surface area contributed by atoms with Crippen molar-refractivity contribution in [1.29, 1.82) is 0 Å². The van der Waals surface area contributed by atoms with Crippen molar-refractivity contribution in [1.82, 2.24) is 0 Å². The molecule has 0 saturated heterocycles. The average molecular weight is 300 g/mol. The van der Waals surface area contributed by atoms with E-state index < -0.39 is 0 Å². The fourth-order valence-corrected chi connectivity index (χ4v) is 1.85. The van der Waals surface area contributed by atoms with E-state index in [0.717, 1.165) is 0 Å². The first kappa shape index (κ1) is 15.6. The smallest absolute Gasteiger partial charge is 0.144 e. The minimum absolute atomic E-state index is 0.542. The third-order valence-electron chi connectivity index (χ3n) is 2.87. The number of ether oxygens (including phenoxy) is 2. The fourth-order valence-electron chi connectivity index (χ4n) is 1.85. The molecule has 0 aromatic heterocycles. The molecule has 0 atom stereocenters. The first-order valence-corrected chi connectivity index (χ1v) is 7.10. The van der Waals surface area contributed by atoms with Crippen LogP contribution in [-0.4, -0.2) is 13.2 Å². The second-order valence-electron chi connectivity index (χ2n) is 4.51. The zero-order chi connectivity index (χ0) is 15.9. The fraction of sp³-hybridized carbons (Fsp3) is 0.250. The largest absolute Gasteiger partial charge is 0.492 e.